The Bertz CT molecular complexity index is 223. The zero-order valence-corrected chi connectivity index (χ0v) is 8.78. The molecule has 2 rings (SSSR count). The summed E-state index contributed by atoms with van der Waals surface area (Å²) in [5, 5.41) is 9.14. The van der Waals surface area contributed by atoms with E-state index in [9.17, 15) is 4.79 Å². The van der Waals surface area contributed by atoms with Crippen LogP contribution in [0.25, 0.3) is 0 Å². The second-order valence-corrected chi connectivity index (χ2v) is 4.87. The Balaban J connectivity index is 2.04. The van der Waals surface area contributed by atoms with Crippen LogP contribution in [0.2, 0.25) is 0 Å². The van der Waals surface area contributed by atoms with Crippen LogP contribution in [0.1, 0.15) is 25.7 Å². The minimum Gasteiger partial charge on any atom is -0.481 e. The van der Waals surface area contributed by atoms with Crippen LogP contribution in [0.15, 0.2) is 0 Å². The highest BCUT2D eigenvalue weighted by molar-refractivity contribution is 5.71. The van der Waals surface area contributed by atoms with Gasteiger partial charge in [0.2, 0.25) is 0 Å². The molecule has 3 nitrogen and oxygen atoms in total. The Labute approximate surface area is 85.1 Å². The topological polar surface area (TPSA) is 40.5 Å². The van der Waals surface area contributed by atoms with Gasteiger partial charge in [0, 0.05) is 13.1 Å². The van der Waals surface area contributed by atoms with Gasteiger partial charge in [-0.1, -0.05) is 25.7 Å². The molecule has 1 saturated carbocycles. The molecule has 0 radical (unpaired) electrons. The molecule has 1 N–H and O–H groups in total. The molecule has 2 atom stereocenters. The monoisotopic (exact) mass is 197 g/mol. The summed E-state index contributed by atoms with van der Waals surface area (Å²) in [6, 6.07) is 0. The Hall–Kier alpha value is -0.570. The number of carboxylic acid groups (broad SMARTS) is 1. The van der Waals surface area contributed by atoms with Gasteiger partial charge in [0.15, 0.2) is 0 Å². The van der Waals surface area contributed by atoms with Crippen molar-refractivity contribution in [3.63, 3.8) is 0 Å². The van der Waals surface area contributed by atoms with E-state index in [4.69, 9.17) is 5.11 Å². The fraction of sp³-hybridized carbons (Fsp3) is 0.909. The maximum Gasteiger partial charge on any atom is 0.308 e. The van der Waals surface area contributed by atoms with Gasteiger partial charge in [0.1, 0.15) is 0 Å². The molecule has 1 aliphatic heterocycles. The number of hydrogen-bond donors (Lipinski definition) is 1. The summed E-state index contributed by atoms with van der Waals surface area (Å²) in [6.07, 6.45) is 5.11. The van der Waals surface area contributed by atoms with Crippen LogP contribution in [0.5, 0.6) is 0 Å². The molecule has 0 aromatic rings. The molecule has 0 bridgehead atoms. The van der Waals surface area contributed by atoms with E-state index in [-0.39, 0.29) is 5.92 Å². The summed E-state index contributed by atoms with van der Waals surface area (Å²) in [7, 11) is 2.03. The van der Waals surface area contributed by atoms with E-state index in [0.717, 1.165) is 13.1 Å². The van der Waals surface area contributed by atoms with Crippen molar-refractivity contribution in [2.75, 3.05) is 20.1 Å². The highest BCUT2D eigenvalue weighted by Crippen LogP contribution is 2.38. The predicted octanol–water partition coefficient (Wildman–Crippen LogP) is 1.44. The van der Waals surface area contributed by atoms with Gasteiger partial charge in [-0.2, -0.15) is 0 Å². The zero-order chi connectivity index (χ0) is 10.1. The van der Waals surface area contributed by atoms with Crippen molar-refractivity contribution in [2.24, 2.45) is 17.8 Å². The first-order valence-electron chi connectivity index (χ1n) is 5.60. The lowest BCUT2D eigenvalue weighted by atomic mass is 9.83. The van der Waals surface area contributed by atoms with E-state index < -0.39 is 5.97 Å². The number of hydrogen-bond acceptors (Lipinski definition) is 2. The summed E-state index contributed by atoms with van der Waals surface area (Å²) in [5.74, 6) is 0.399. The molecule has 0 amide bonds. The van der Waals surface area contributed by atoms with Crippen molar-refractivity contribution in [2.45, 2.75) is 25.7 Å². The zero-order valence-electron chi connectivity index (χ0n) is 8.78. The lowest BCUT2D eigenvalue weighted by molar-refractivity contribution is -0.143. The normalized spacial score (nSPS) is 35.2. The first kappa shape index (κ1) is 9.97. The van der Waals surface area contributed by atoms with Crippen LogP contribution in [0.3, 0.4) is 0 Å². The van der Waals surface area contributed by atoms with Crippen molar-refractivity contribution < 1.29 is 9.90 Å². The first-order valence-corrected chi connectivity index (χ1v) is 5.60. The molecule has 1 aliphatic carbocycles. The van der Waals surface area contributed by atoms with E-state index in [0.29, 0.717) is 11.8 Å². The number of aliphatic carboxylic acids is 1. The molecule has 0 unspecified atom stereocenters. The third kappa shape index (κ3) is 1.78. The fourth-order valence-corrected chi connectivity index (χ4v) is 3.16. The van der Waals surface area contributed by atoms with Gasteiger partial charge in [-0.15, -0.1) is 0 Å². The summed E-state index contributed by atoms with van der Waals surface area (Å²) in [6.45, 7) is 1.73. The maximum absolute atomic E-state index is 11.1. The minimum atomic E-state index is -0.591. The number of carboxylic acids is 1. The van der Waals surface area contributed by atoms with Crippen LogP contribution in [0, 0.1) is 17.8 Å². The molecular formula is C11H19NO2. The van der Waals surface area contributed by atoms with Gasteiger partial charge in [-0.3, -0.25) is 4.79 Å². The van der Waals surface area contributed by atoms with Gasteiger partial charge < -0.3 is 10.0 Å². The van der Waals surface area contributed by atoms with Crippen LogP contribution >= 0.6 is 0 Å². The van der Waals surface area contributed by atoms with E-state index in [1.807, 2.05) is 7.05 Å². The minimum absolute atomic E-state index is 0.108. The molecular weight excluding hydrogens is 178 g/mol. The average molecular weight is 197 g/mol. The van der Waals surface area contributed by atoms with E-state index in [1.54, 1.807) is 0 Å². The molecule has 80 valence electrons. The number of rotatable bonds is 2. The highest BCUT2D eigenvalue weighted by Gasteiger charge is 2.41. The molecule has 2 fully saturated rings. The Morgan fingerprint density at radius 3 is 2.50 bits per heavy atom. The molecule has 3 heteroatoms. The fourth-order valence-electron chi connectivity index (χ4n) is 3.16. The Kier molecular flexibility index (Phi) is 2.77. The molecule has 1 heterocycles. The predicted molar refractivity (Wildman–Crippen MR) is 54.1 cm³/mol. The summed E-state index contributed by atoms with van der Waals surface area (Å²) in [5.41, 5.74) is 0. The van der Waals surface area contributed by atoms with Gasteiger partial charge in [0.05, 0.1) is 5.92 Å². The summed E-state index contributed by atoms with van der Waals surface area (Å²) >= 11 is 0. The molecule has 2 aliphatic rings. The standard InChI is InChI=1S/C11H19NO2/c1-12-6-9(8-4-2-3-5-8)10(7-12)11(13)14/h8-10H,2-7H2,1H3,(H,13,14)/t9-,10+/m0/s1. The molecule has 0 spiro atoms. The summed E-state index contributed by atoms with van der Waals surface area (Å²) < 4.78 is 0. The SMILES string of the molecule is CN1C[C@@H](C(=O)O)[C@H](C2CCCC2)C1. The van der Waals surface area contributed by atoms with Crippen LogP contribution in [-0.2, 0) is 4.79 Å². The smallest absolute Gasteiger partial charge is 0.308 e. The largest absolute Gasteiger partial charge is 0.481 e. The number of likely N-dealkylation sites (tertiary alicyclic amines) is 1. The third-order valence-corrected chi connectivity index (χ3v) is 3.87. The van der Waals surface area contributed by atoms with Crippen molar-refractivity contribution in [3.05, 3.63) is 0 Å². The van der Waals surface area contributed by atoms with Crippen molar-refractivity contribution in [1.29, 1.82) is 0 Å². The van der Waals surface area contributed by atoms with Crippen molar-refractivity contribution >= 4 is 5.97 Å². The van der Waals surface area contributed by atoms with Crippen molar-refractivity contribution in [3.8, 4) is 0 Å². The van der Waals surface area contributed by atoms with Gasteiger partial charge in [-0.05, 0) is 18.9 Å². The van der Waals surface area contributed by atoms with E-state index >= 15 is 0 Å². The van der Waals surface area contributed by atoms with Crippen LogP contribution in [-0.4, -0.2) is 36.1 Å². The lowest BCUT2D eigenvalue weighted by Gasteiger charge is -2.21. The molecule has 14 heavy (non-hydrogen) atoms. The summed E-state index contributed by atoms with van der Waals surface area (Å²) in [4.78, 5) is 13.3. The number of nitrogens with zero attached hydrogens (tertiary/aromatic N) is 1. The third-order valence-electron chi connectivity index (χ3n) is 3.87. The Morgan fingerprint density at radius 2 is 1.93 bits per heavy atom. The van der Waals surface area contributed by atoms with E-state index in [2.05, 4.69) is 4.90 Å². The lowest BCUT2D eigenvalue weighted by Crippen LogP contribution is -2.26. The highest BCUT2D eigenvalue weighted by atomic mass is 16.4. The van der Waals surface area contributed by atoms with Gasteiger partial charge >= 0.3 is 5.97 Å². The first-order chi connectivity index (χ1) is 6.68. The maximum atomic E-state index is 11.1. The molecule has 0 aromatic carbocycles. The molecule has 0 aromatic heterocycles. The second kappa shape index (κ2) is 3.89. The van der Waals surface area contributed by atoms with Crippen LogP contribution < -0.4 is 0 Å². The van der Waals surface area contributed by atoms with Crippen molar-refractivity contribution in [1.82, 2.24) is 4.90 Å². The number of carbonyl (C=O) groups is 1. The van der Waals surface area contributed by atoms with E-state index in [1.165, 1.54) is 25.7 Å². The molecule has 1 saturated heterocycles. The average Bonchev–Trinajstić information content (AvgIpc) is 2.70. The second-order valence-electron chi connectivity index (χ2n) is 4.87. The quantitative estimate of drug-likeness (QED) is 0.728. The van der Waals surface area contributed by atoms with Gasteiger partial charge in [-0.25, -0.2) is 0 Å². The van der Waals surface area contributed by atoms with Gasteiger partial charge in [0.25, 0.3) is 0 Å². The van der Waals surface area contributed by atoms with Crippen LogP contribution in [0.4, 0.5) is 0 Å². The Morgan fingerprint density at radius 1 is 1.29 bits per heavy atom.